The summed E-state index contributed by atoms with van der Waals surface area (Å²) in [6.07, 6.45) is 1.63. The number of amides is 3. The predicted octanol–water partition coefficient (Wildman–Crippen LogP) is 8.02. The van der Waals surface area contributed by atoms with E-state index >= 15 is 0 Å². The average molecular weight is 616 g/mol. The minimum absolute atomic E-state index is 0.0708. The quantitative estimate of drug-likeness (QED) is 0.110. The van der Waals surface area contributed by atoms with Gasteiger partial charge in [0.25, 0.3) is 11.8 Å². The Labute approximate surface area is 265 Å². The van der Waals surface area contributed by atoms with Gasteiger partial charge in [0, 0.05) is 21.8 Å². The van der Waals surface area contributed by atoms with Gasteiger partial charge < -0.3 is 16.0 Å². The Morgan fingerprint density at radius 3 is 2.02 bits per heavy atom. The molecule has 0 saturated heterocycles. The lowest BCUT2D eigenvalue weighted by molar-refractivity contribution is -0.115. The van der Waals surface area contributed by atoms with Crippen LogP contribution in [0, 0.1) is 5.82 Å². The van der Waals surface area contributed by atoms with Gasteiger partial charge >= 0.3 is 0 Å². The molecule has 0 radical (unpaired) electrons. The van der Waals surface area contributed by atoms with Gasteiger partial charge in [-0.05, 0) is 84.3 Å². The molecule has 0 aromatic heterocycles. The highest BCUT2D eigenvalue weighted by molar-refractivity contribution is 8.00. The first-order chi connectivity index (χ1) is 21.8. The van der Waals surface area contributed by atoms with Gasteiger partial charge in [0.15, 0.2) is 0 Å². The van der Waals surface area contributed by atoms with E-state index in [2.05, 4.69) is 16.0 Å². The first-order valence-corrected chi connectivity index (χ1v) is 15.1. The maximum absolute atomic E-state index is 13.5. The first-order valence-electron chi connectivity index (χ1n) is 14.2. The topological polar surface area (TPSA) is 87.3 Å². The maximum Gasteiger partial charge on any atom is 0.272 e. The fraction of sp³-hybridized carbons (Fsp3) is 0.0541. The Hall–Kier alpha value is -5.47. The highest BCUT2D eigenvalue weighted by Gasteiger charge is 2.17. The first kappa shape index (κ1) is 31.0. The normalized spacial score (nSPS) is 11.7. The molecule has 8 heteroatoms. The molecular formula is C37H30FN3O3S. The third-order valence-corrected chi connectivity index (χ3v) is 7.84. The summed E-state index contributed by atoms with van der Waals surface area (Å²) in [6, 6.07) is 39.0. The summed E-state index contributed by atoms with van der Waals surface area (Å²) < 4.78 is 13.2. The second-order valence-electron chi connectivity index (χ2n) is 10.1. The molecule has 1 atom stereocenters. The molecule has 1 unspecified atom stereocenters. The van der Waals surface area contributed by atoms with Crippen LogP contribution >= 0.6 is 11.8 Å². The molecule has 0 saturated carbocycles. The summed E-state index contributed by atoms with van der Waals surface area (Å²) >= 11 is 1.31. The maximum atomic E-state index is 13.5. The standard InChI is InChI=1S/C37H30FN3O3S/c1-25(35(42)39-31-21-19-30(38)20-22-31)45-33-14-8-13-32(24-33)40-37(44)34(41-36(43)29-11-6-3-7-12-29)23-26-15-17-28(18-16-26)27-9-4-2-5-10-27/h2-25H,1H3,(H,39,42)(H,40,44)(H,41,43)/b34-23+. The zero-order valence-electron chi connectivity index (χ0n) is 24.4. The lowest BCUT2D eigenvalue weighted by Crippen LogP contribution is -2.30. The molecule has 0 aliphatic rings. The number of halogens is 1. The van der Waals surface area contributed by atoms with Gasteiger partial charge in [-0.15, -0.1) is 11.8 Å². The molecular weight excluding hydrogens is 585 g/mol. The molecule has 5 aromatic carbocycles. The van der Waals surface area contributed by atoms with E-state index in [0.717, 1.165) is 21.6 Å². The number of nitrogens with one attached hydrogen (secondary N) is 3. The van der Waals surface area contributed by atoms with E-state index in [4.69, 9.17) is 0 Å². The zero-order valence-corrected chi connectivity index (χ0v) is 25.2. The number of hydrogen-bond acceptors (Lipinski definition) is 4. The van der Waals surface area contributed by atoms with Crippen LogP contribution in [0.4, 0.5) is 15.8 Å². The highest BCUT2D eigenvalue weighted by atomic mass is 32.2. The number of hydrogen-bond donors (Lipinski definition) is 3. The largest absolute Gasteiger partial charge is 0.325 e. The van der Waals surface area contributed by atoms with Crippen molar-refractivity contribution in [1.82, 2.24) is 5.32 Å². The molecule has 0 aliphatic carbocycles. The van der Waals surface area contributed by atoms with Gasteiger partial charge in [-0.2, -0.15) is 0 Å². The molecule has 5 rings (SSSR count). The van der Waals surface area contributed by atoms with Crippen molar-refractivity contribution in [3.63, 3.8) is 0 Å². The van der Waals surface area contributed by atoms with Gasteiger partial charge in [0.05, 0.1) is 5.25 Å². The fourth-order valence-corrected chi connectivity index (χ4v) is 5.32. The van der Waals surface area contributed by atoms with Crippen LogP contribution in [-0.4, -0.2) is 23.0 Å². The van der Waals surface area contributed by atoms with Crippen molar-refractivity contribution >= 4 is 46.9 Å². The van der Waals surface area contributed by atoms with Crippen molar-refractivity contribution in [2.75, 3.05) is 10.6 Å². The Morgan fingerprint density at radius 1 is 0.689 bits per heavy atom. The Balaban J connectivity index is 1.31. The lowest BCUT2D eigenvalue weighted by atomic mass is 10.0. The third kappa shape index (κ3) is 8.78. The Morgan fingerprint density at radius 2 is 1.33 bits per heavy atom. The van der Waals surface area contributed by atoms with Crippen molar-refractivity contribution in [2.45, 2.75) is 17.1 Å². The van der Waals surface area contributed by atoms with E-state index in [1.165, 1.54) is 36.0 Å². The number of anilines is 2. The number of benzene rings is 5. The van der Waals surface area contributed by atoms with Crippen LogP contribution < -0.4 is 16.0 Å². The molecule has 5 aromatic rings. The summed E-state index contributed by atoms with van der Waals surface area (Å²) in [5.41, 5.74) is 4.32. The van der Waals surface area contributed by atoms with E-state index in [1.54, 1.807) is 55.5 Å². The second-order valence-corrected chi connectivity index (χ2v) is 11.5. The molecule has 3 N–H and O–H groups in total. The van der Waals surface area contributed by atoms with E-state index < -0.39 is 17.1 Å². The molecule has 0 aliphatic heterocycles. The molecule has 0 spiro atoms. The second kappa shape index (κ2) is 14.8. The van der Waals surface area contributed by atoms with Crippen molar-refractivity contribution in [1.29, 1.82) is 0 Å². The Bertz CT molecular complexity index is 1810. The minimum Gasteiger partial charge on any atom is -0.325 e. The van der Waals surface area contributed by atoms with Crippen LogP contribution in [0.3, 0.4) is 0 Å². The van der Waals surface area contributed by atoms with Crippen molar-refractivity contribution < 1.29 is 18.8 Å². The zero-order chi connectivity index (χ0) is 31.6. The van der Waals surface area contributed by atoms with E-state index in [0.29, 0.717) is 16.9 Å². The fourth-order valence-electron chi connectivity index (χ4n) is 4.39. The average Bonchev–Trinajstić information content (AvgIpc) is 3.06. The molecule has 3 amide bonds. The van der Waals surface area contributed by atoms with Gasteiger partial charge in [-0.3, -0.25) is 14.4 Å². The van der Waals surface area contributed by atoms with Crippen LogP contribution in [0.15, 0.2) is 144 Å². The van der Waals surface area contributed by atoms with Crippen molar-refractivity contribution in [2.24, 2.45) is 0 Å². The summed E-state index contributed by atoms with van der Waals surface area (Å²) in [5.74, 6) is -1.54. The van der Waals surface area contributed by atoms with Crippen LogP contribution in [0.25, 0.3) is 17.2 Å². The summed E-state index contributed by atoms with van der Waals surface area (Å²) in [6.45, 7) is 1.76. The van der Waals surface area contributed by atoms with Crippen LogP contribution in [0.1, 0.15) is 22.8 Å². The van der Waals surface area contributed by atoms with Gasteiger partial charge in [-0.1, -0.05) is 78.9 Å². The number of rotatable bonds is 10. The predicted molar refractivity (Wildman–Crippen MR) is 179 cm³/mol. The van der Waals surface area contributed by atoms with E-state index in [9.17, 15) is 18.8 Å². The van der Waals surface area contributed by atoms with Crippen molar-refractivity contribution in [3.8, 4) is 11.1 Å². The van der Waals surface area contributed by atoms with Gasteiger partial charge in [0.1, 0.15) is 11.5 Å². The molecule has 0 heterocycles. The molecule has 45 heavy (non-hydrogen) atoms. The summed E-state index contributed by atoms with van der Waals surface area (Å²) in [5, 5.41) is 7.94. The molecule has 224 valence electrons. The highest BCUT2D eigenvalue weighted by Crippen LogP contribution is 2.27. The third-order valence-electron chi connectivity index (χ3n) is 6.74. The molecule has 0 bridgehead atoms. The van der Waals surface area contributed by atoms with Crippen LogP contribution in [-0.2, 0) is 9.59 Å². The summed E-state index contributed by atoms with van der Waals surface area (Å²) in [7, 11) is 0. The SMILES string of the molecule is CC(Sc1cccc(NC(=O)/C(=C\c2ccc(-c3ccccc3)cc2)NC(=O)c2ccccc2)c1)C(=O)Nc1ccc(F)cc1. The van der Waals surface area contributed by atoms with Gasteiger partial charge in [0.2, 0.25) is 5.91 Å². The van der Waals surface area contributed by atoms with Crippen LogP contribution in [0.5, 0.6) is 0 Å². The monoisotopic (exact) mass is 615 g/mol. The van der Waals surface area contributed by atoms with Gasteiger partial charge in [-0.25, -0.2) is 4.39 Å². The summed E-state index contributed by atoms with van der Waals surface area (Å²) in [4.78, 5) is 40.0. The molecule has 0 fully saturated rings. The number of thioether (sulfide) groups is 1. The Kier molecular flexibility index (Phi) is 10.2. The van der Waals surface area contributed by atoms with E-state index in [-0.39, 0.29) is 17.4 Å². The number of carbonyl (C=O) groups excluding carboxylic acids is 3. The number of carbonyl (C=O) groups is 3. The van der Waals surface area contributed by atoms with E-state index in [1.807, 2.05) is 66.7 Å². The van der Waals surface area contributed by atoms with Crippen molar-refractivity contribution in [3.05, 3.63) is 156 Å². The molecule has 6 nitrogen and oxygen atoms in total. The lowest BCUT2D eigenvalue weighted by Gasteiger charge is -2.14. The minimum atomic E-state index is -0.504. The van der Waals surface area contributed by atoms with Crippen LogP contribution in [0.2, 0.25) is 0 Å². The smallest absolute Gasteiger partial charge is 0.272 e.